The molecule has 0 spiro atoms. The van der Waals surface area contributed by atoms with E-state index in [9.17, 15) is 4.79 Å². The molecule has 0 fully saturated rings. The fourth-order valence-corrected chi connectivity index (χ4v) is 2.76. The highest BCUT2D eigenvalue weighted by Crippen LogP contribution is 2.32. The number of fused-ring (bicyclic) bond motifs is 1. The Hall–Kier alpha value is -1.39. The van der Waals surface area contributed by atoms with Crippen molar-refractivity contribution in [1.82, 2.24) is 10.2 Å². The second-order valence-electron chi connectivity index (χ2n) is 5.17. The monoisotopic (exact) mass is 340 g/mol. The zero-order valence-corrected chi connectivity index (χ0v) is 14.3. The molecule has 2 aromatic rings. The van der Waals surface area contributed by atoms with Crippen LogP contribution in [0.4, 0.5) is 0 Å². The summed E-state index contributed by atoms with van der Waals surface area (Å²) in [6.07, 6.45) is 3.45. The highest BCUT2D eigenvalue weighted by Gasteiger charge is 2.20. The van der Waals surface area contributed by atoms with Gasteiger partial charge in [-0.15, -0.1) is 0 Å². The van der Waals surface area contributed by atoms with Crippen molar-refractivity contribution in [1.29, 1.82) is 0 Å². The van der Waals surface area contributed by atoms with Crippen molar-refractivity contribution in [3.8, 4) is 0 Å². The lowest BCUT2D eigenvalue weighted by Crippen LogP contribution is -2.11. The normalized spacial score (nSPS) is 11.2. The molecule has 118 valence electrons. The van der Waals surface area contributed by atoms with E-state index in [-0.39, 0.29) is 5.97 Å². The fourth-order valence-electron chi connectivity index (χ4n) is 2.44. The van der Waals surface area contributed by atoms with Gasteiger partial charge >= 0.3 is 5.97 Å². The van der Waals surface area contributed by atoms with E-state index in [4.69, 9.17) is 27.9 Å². The Bertz CT molecular complexity index is 702. The predicted octanol–water partition coefficient (Wildman–Crippen LogP) is 4.68. The summed E-state index contributed by atoms with van der Waals surface area (Å²) in [7, 11) is 0. The van der Waals surface area contributed by atoms with Crippen molar-refractivity contribution in [3.05, 3.63) is 34.6 Å². The van der Waals surface area contributed by atoms with Crippen LogP contribution in [0.25, 0.3) is 10.8 Å². The minimum atomic E-state index is -0.766. The zero-order valence-electron chi connectivity index (χ0n) is 12.8. The molecule has 1 aromatic carbocycles. The molecule has 1 aromatic heterocycles. The van der Waals surface area contributed by atoms with Gasteiger partial charge in [0.15, 0.2) is 4.84 Å². The molecule has 0 bridgehead atoms. The number of rotatable bonds is 5. The Labute approximate surface area is 139 Å². The number of carbonyl (C=O) groups excluding carboxylic acids is 1. The Morgan fingerprint density at radius 2 is 2.05 bits per heavy atom. The number of halogens is 2. The molecule has 2 rings (SSSR count). The van der Waals surface area contributed by atoms with Crippen molar-refractivity contribution < 1.29 is 9.53 Å². The Kier molecular flexibility index (Phi) is 5.59. The Balaban J connectivity index is 2.52. The van der Waals surface area contributed by atoms with E-state index < -0.39 is 4.84 Å². The molecule has 0 aliphatic rings. The number of unbranched alkanes of at least 4 members (excludes halogenated alkanes) is 1. The molecule has 0 saturated carbocycles. The van der Waals surface area contributed by atoms with Crippen LogP contribution in [0, 0.1) is 13.8 Å². The molecule has 0 aliphatic carbocycles. The number of aromatic nitrogens is 2. The van der Waals surface area contributed by atoms with E-state index in [1.165, 1.54) is 0 Å². The fraction of sp³-hybridized carbons (Fsp3) is 0.438. The minimum absolute atomic E-state index is 0.308. The van der Waals surface area contributed by atoms with Crippen LogP contribution in [0.1, 0.15) is 51.8 Å². The number of benzene rings is 1. The van der Waals surface area contributed by atoms with Gasteiger partial charge in [-0.1, -0.05) is 36.5 Å². The molecule has 0 aliphatic heterocycles. The van der Waals surface area contributed by atoms with Crippen LogP contribution in [0.5, 0.6) is 0 Å². The predicted molar refractivity (Wildman–Crippen MR) is 88.6 cm³/mol. The summed E-state index contributed by atoms with van der Waals surface area (Å²) < 4.78 is 5.33. The lowest BCUT2D eigenvalue weighted by atomic mass is 9.96. The number of carbonyl (C=O) groups is 1. The third-order valence-corrected chi connectivity index (χ3v) is 4.01. The quantitative estimate of drug-likeness (QED) is 0.450. The van der Waals surface area contributed by atoms with Gasteiger partial charge < -0.3 is 4.74 Å². The molecule has 0 unspecified atom stereocenters. The number of hydrogen-bond donors (Lipinski definition) is 0. The topological polar surface area (TPSA) is 52.1 Å². The summed E-state index contributed by atoms with van der Waals surface area (Å²) in [5.74, 6) is -0.308. The Morgan fingerprint density at radius 3 is 2.68 bits per heavy atom. The SMILES string of the molecule is CCCCOC(=O)c1c(C)cc2c(C(Cl)Cl)nncc2c1C. The molecule has 0 saturated heterocycles. The van der Waals surface area contributed by atoms with E-state index in [0.717, 1.165) is 34.7 Å². The first-order valence-electron chi connectivity index (χ1n) is 7.18. The molecule has 4 nitrogen and oxygen atoms in total. The second-order valence-corrected chi connectivity index (χ2v) is 6.27. The highest BCUT2D eigenvalue weighted by atomic mass is 35.5. The van der Waals surface area contributed by atoms with E-state index in [1.54, 1.807) is 6.20 Å². The summed E-state index contributed by atoms with van der Waals surface area (Å²) in [4.78, 5) is 11.5. The third kappa shape index (κ3) is 3.33. The maximum Gasteiger partial charge on any atom is 0.338 e. The molecular formula is C16H18Cl2N2O2. The number of nitrogens with zero attached hydrogens (tertiary/aromatic N) is 2. The van der Waals surface area contributed by atoms with Gasteiger partial charge in [0.1, 0.15) is 5.69 Å². The van der Waals surface area contributed by atoms with Crippen molar-refractivity contribution in [2.75, 3.05) is 6.61 Å². The summed E-state index contributed by atoms with van der Waals surface area (Å²) in [5.41, 5.74) is 2.69. The van der Waals surface area contributed by atoms with Crippen molar-refractivity contribution in [2.24, 2.45) is 0 Å². The molecule has 0 N–H and O–H groups in total. The summed E-state index contributed by atoms with van der Waals surface area (Å²) >= 11 is 11.9. The van der Waals surface area contributed by atoms with Crippen LogP contribution < -0.4 is 0 Å². The van der Waals surface area contributed by atoms with E-state index in [0.29, 0.717) is 17.9 Å². The second kappa shape index (κ2) is 7.25. The molecule has 0 radical (unpaired) electrons. The first-order chi connectivity index (χ1) is 10.5. The zero-order chi connectivity index (χ0) is 16.3. The van der Waals surface area contributed by atoms with Crippen LogP contribution in [-0.2, 0) is 4.74 Å². The highest BCUT2D eigenvalue weighted by molar-refractivity contribution is 6.44. The van der Waals surface area contributed by atoms with E-state index in [1.807, 2.05) is 19.9 Å². The summed E-state index contributed by atoms with van der Waals surface area (Å²) in [5, 5.41) is 9.54. The molecule has 0 atom stereocenters. The number of hydrogen-bond acceptors (Lipinski definition) is 4. The summed E-state index contributed by atoms with van der Waals surface area (Å²) in [6.45, 7) is 6.21. The van der Waals surface area contributed by atoms with E-state index in [2.05, 4.69) is 17.1 Å². The number of aryl methyl sites for hydroxylation is 2. The van der Waals surface area contributed by atoms with Gasteiger partial charge in [-0.05, 0) is 37.5 Å². The van der Waals surface area contributed by atoms with E-state index >= 15 is 0 Å². The lowest BCUT2D eigenvalue weighted by molar-refractivity contribution is 0.0498. The van der Waals surface area contributed by atoms with Crippen LogP contribution in [0.3, 0.4) is 0 Å². The van der Waals surface area contributed by atoms with Crippen molar-refractivity contribution in [2.45, 2.75) is 38.4 Å². The largest absolute Gasteiger partial charge is 0.462 e. The van der Waals surface area contributed by atoms with Crippen molar-refractivity contribution >= 4 is 39.9 Å². The number of esters is 1. The molecule has 1 heterocycles. The van der Waals surface area contributed by atoms with Gasteiger partial charge in [-0.3, -0.25) is 0 Å². The van der Waals surface area contributed by atoms with Gasteiger partial charge in [0.25, 0.3) is 0 Å². The van der Waals surface area contributed by atoms with Gasteiger partial charge in [0, 0.05) is 10.8 Å². The first kappa shape index (κ1) is 17.0. The number of ether oxygens (including phenoxy) is 1. The summed E-state index contributed by atoms with van der Waals surface area (Å²) in [6, 6.07) is 1.86. The molecule has 0 amide bonds. The van der Waals surface area contributed by atoms with Crippen LogP contribution in [-0.4, -0.2) is 22.8 Å². The Morgan fingerprint density at radius 1 is 1.32 bits per heavy atom. The first-order valence-corrected chi connectivity index (χ1v) is 8.05. The molecular weight excluding hydrogens is 323 g/mol. The maximum absolute atomic E-state index is 12.3. The molecule has 6 heteroatoms. The van der Waals surface area contributed by atoms with Crippen LogP contribution >= 0.6 is 23.2 Å². The average molecular weight is 341 g/mol. The average Bonchev–Trinajstić information content (AvgIpc) is 2.46. The van der Waals surface area contributed by atoms with Crippen LogP contribution in [0.2, 0.25) is 0 Å². The maximum atomic E-state index is 12.3. The van der Waals surface area contributed by atoms with Crippen molar-refractivity contribution in [3.63, 3.8) is 0 Å². The molecule has 22 heavy (non-hydrogen) atoms. The van der Waals surface area contributed by atoms with Gasteiger partial charge in [0.05, 0.1) is 18.4 Å². The third-order valence-electron chi connectivity index (χ3n) is 3.59. The van der Waals surface area contributed by atoms with Crippen LogP contribution in [0.15, 0.2) is 12.3 Å². The number of alkyl halides is 2. The van der Waals surface area contributed by atoms with Gasteiger partial charge in [-0.2, -0.15) is 10.2 Å². The minimum Gasteiger partial charge on any atom is -0.462 e. The van der Waals surface area contributed by atoms with Gasteiger partial charge in [-0.25, -0.2) is 4.79 Å². The smallest absolute Gasteiger partial charge is 0.338 e. The lowest BCUT2D eigenvalue weighted by Gasteiger charge is -2.14. The standard InChI is InChI=1S/C16H18Cl2N2O2/c1-4-5-6-22-16(21)13-9(2)7-11-12(10(13)3)8-19-20-14(11)15(17)18/h7-8,15H,4-6H2,1-3H3. The van der Waals surface area contributed by atoms with Gasteiger partial charge in [0.2, 0.25) is 0 Å².